The van der Waals surface area contributed by atoms with E-state index in [0.717, 1.165) is 30.3 Å². The topological polar surface area (TPSA) is 173 Å². The molecule has 3 fully saturated rings. The van der Waals surface area contributed by atoms with Crippen LogP contribution in [0.4, 0.5) is 5.82 Å². The zero-order valence-electron chi connectivity index (χ0n) is 19.5. The van der Waals surface area contributed by atoms with E-state index in [1.807, 2.05) is 28.8 Å². The molecule has 4 aliphatic rings. The number of rotatable bonds is 1. The number of hydrogen-bond donors (Lipinski definition) is 5. The van der Waals surface area contributed by atoms with Crippen molar-refractivity contribution in [2.75, 3.05) is 25.1 Å². The first kappa shape index (κ1) is 28.1. The van der Waals surface area contributed by atoms with Crippen LogP contribution in [0.25, 0.3) is 11.0 Å². The van der Waals surface area contributed by atoms with Crippen LogP contribution in [0.1, 0.15) is 18.2 Å². The van der Waals surface area contributed by atoms with E-state index in [0.29, 0.717) is 11.5 Å². The van der Waals surface area contributed by atoms with E-state index in [4.69, 9.17) is 27.6 Å². The fraction of sp³-hybridized carbons (Fsp3) is 0.684. The number of anilines is 1. The van der Waals surface area contributed by atoms with Gasteiger partial charge in [0.1, 0.15) is 58.5 Å². The van der Waals surface area contributed by atoms with Crippen molar-refractivity contribution in [3.05, 3.63) is 18.1 Å². The minimum Gasteiger partial charge on any atom is -0.387 e. The third-order valence-corrected chi connectivity index (χ3v) is 11.0. The Kier molecular flexibility index (Phi) is 7.90. The first-order chi connectivity index (χ1) is 18.0. The highest BCUT2D eigenvalue weighted by Gasteiger charge is 2.52. The van der Waals surface area contributed by atoms with Crippen LogP contribution in [0.3, 0.4) is 0 Å². The summed E-state index contributed by atoms with van der Waals surface area (Å²) in [5, 5.41) is 26.0. The molecular weight excluding hydrogens is 697 g/mol. The van der Waals surface area contributed by atoms with Gasteiger partial charge < -0.3 is 29.6 Å². The molecule has 4 aliphatic heterocycles. The van der Waals surface area contributed by atoms with Crippen LogP contribution in [0.2, 0.25) is 0 Å². The van der Waals surface area contributed by atoms with Crippen molar-refractivity contribution in [1.82, 2.24) is 14.5 Å². The smallest absolute Gasteiger partial charge is 0.386 e. The van der Waals surface area contributed by atoms with E-state index in [1.165, 1.54) is 6.33 Å². The Balaban J connectivity index is 1.33. The molecule has 0 aromatic carbocycles. The zero-order chi connectivity index (χ0) is 26.8. The van der Waals surface area contributed by atoms with Gasteiger partial charge in [-0.25, -0.2) is 19.1 Å². The summed E-state index contributed by atoms with van der Waals surface area (Å²) >= 11 is 9.97. The van der Waals surface area contributed by atoms with Crippen molar-refractivity contribution in [3.63, 3.8) is 0 Å². The Bertz CT molecular complexity index is 1320. The number of aryl methyl sites for hydroxylation is 1. The van der Waals surface area contributed by atoms with Crippen LogP contribution in [0, 0.1) is 0 Å². The van der Waals surface area contributed by atoms with Crippen LogP contribution >= 0.6 is 60.7 Å². The van der Waals surface area contributed by atoms with Gasteiger partial charge in [0, 0.05) is 12.7 Å². The van der Waals surface area contributed by atoms with Gasteiger partial charge in [0.15, 0.2) is 6.23 Å². The van der Waals surface area contributed by atoms with Crippen molar-refractivity contribution in [1.29, 1.82) is 0 Å². The van der Waals surface area contributed by atoms with Gasteiger partial charge in [-0.1, -0.05) is 24.5 Å². The fourth-order valence-electron chi connectivity index (χ4n) is 5.02. The van der Waals surface area contributed by atoms with Crippen LogP contribution in [0.15, 0.2) is 12.5 Å². The quantitative estimate of drug-likeness (QED) is 0.126. The molecule has 6 rings (SSSR count). The molecular formula is C19H25IN4O10P2S2. The van der Waals surface area contributed by atoms with E-state index in [2.05, 4.69) is 39.8 Å². The Hall–Kier alpha value is -0.0100. The molecule has 0 radical (unpaired) electrons. The highest BCUT2D eigenvalue weighted by molar-refractivity contribution is 14.1. The normalized spacial score (nSPS) is 43.9. The third-order valence-electron chi connectivity index (χ3n) is 6.78. The van der Waals surface area contributed by atoms with Gasteiger partial charge in [0.2, 0.25) is 0 Å². The minimum atomic E-state index is -4.11. The lowest BCUT2D eigenvalue weighted by molar-refractivity contribution is -0.0489. The van der Waals surface area contributed by atoms with Gasteiger partial charge in [-0.05, 0) is 41.0 Å². The van der Waals surface area contributed by atoms with E-state index < -0.39 is 67.2 Å². The van der Waals surface area contributed by atoms with Crippen molar-refractivity contribution in [3.8, 4) is 0 Å². The van der Waals surface area contributed by atoms with Crippen LogP contribution in [0.5, 0.6) is 0 Å². The number of halogens is 1. The predicted octanol–water partition coefficient (Wildman–Crippen LogP) is 2.46. The molecule has 19 heteroatoms. The van der Waals surface area contributed by atoms with E-state index in [-0.39, 0.29) is 6.61 Å². The number of thiol groups is 2. The summed E-state index contributed by atoms with van der Waals surface area (Å²) in [6.45, 7) is -8.17. The average molecular weight is 722 g/mol. The Labute approximate surface area is 241 Å². The molecule has 2 aromatic rings. The monoisotopic (exact) mass is 722 g/mol. The molecule has 2 aromatic heterocycles. The summed E-state index contributed by atoms with van der Waals surface area (Å²) in [6.07, 6.45) is -3.18. The molecule has 6 heterocycles. The predicted molar refractivity (Wildman–Crippen MR) is 148 cm³/mol. The number of nitrogens with one attached hydrogen (secondary N) is 1. The van der Waals surface area contributed by atoms with E-state index >= 15 is 0 Å². The Morgan fingerprint density at radius 2 is 1.74 bits per heavy atom. The van der Waals surface area contributed by atoms with Crippen LogP contribution in [-0.4, -0.2) is 85.2 Å². The molecule has 14 nitrogen and oxygen atoms in total. The molecule has 3 N–H and O–H groups in total. The zero-order valence-corrected chi connectivity index (χ0v) is 25.2. The highest BCUT2D eigenvalue weighted by atomic mass is 127. The lowest BCUT2D eigenvalue weighted by Crippen LogP contribution is -2.35. The summed E-state index contributed by atoms with van der Waals surface area (Å²) in [5.74, 6) is 0.685. The minimum absolute atomic E-state index is 0.366. The molecule has 0 amide bonds. The standard InChI is InChI=1S/C19H25IN4O10P2S2/c20-16-15-12(25)9(31-16)5-29-35(27,37)33-14-10(6-30-36(28,38)34-15)32-19(13(14)26)24-4-8-2-1-3-21-17-11(8)18(24)23-7-22-17/h4,7,9-10,12-16,19,25-26H,1-3,5-6H2,(H,27,37)(H,28,38)(H,21,22,23)/t9-,10-,12-,13-,14-,15-,16-,19-,35-,36-/m1/s1. The second-order valence-corrected chi connectivity index (χ2v) is 16.2. The molecule has 0 unspecified atom stereocenters. The number of alkyl halides is 1. The van der Waals surface area contributed by atoms with Crippen molar-refractivity contribution < 1.29 is 46.9 Å². The first-order valence-electron chi connectivity index (χ1n) is 11.7. The van der Waals surface area contributed by atoms with Gasteiger partial charge >= 0.3 is 13.6 Å². The largest absolute Gasteiger partial charge is 0.387 e. The third kappa shape index (κ3) is 5.32. The lowest BCUT2D eigenvalue weighted by atomic mass is 10.1. The number of aliphatic hydroxyl groups excluding tert-OH is 2. The molecule has 0 aliphatic carbocycles. The van der Waals surface area contributed by atoms with Crippen molar-refractivity contribution >= 4 is 77.5 Å². The Morgan fingerprint density at radius 1 is 1.03 bits per heavy atom. The number of nitrogens with zero attached hydrogens (tertiary/aromatic N) is 3. The van der Waals surface area contributed by atoms with Gasteiger partial charge in [0.25, 0.3) is 0 Å². The molecule has 210 valence electrons. The Morgan fingerprint density at radius 3 is 2.50 bits per heavy atom. The highest BCUT2D eigenvalue weighted by Crippen LogP contribution is 2.59. The molecule has 3 saturated heterocycles. The SMILES string of the molecule is O=[P@@]1(S)OC[C@H]2O[C@@H](n3cc4c5c(ncnc53)NCCC4)[C@H](O)[C@@H]2O[P@](=O)(S)OC[C@H]2O[C@@H](I)[C@H](O1)[C@@H]2O. The first-order valence-corrected chi connectivity index (χ1v) is 18.4. The number of hydrogen-bond acceptors (Lipinski definition) is 13. The van der Waals surface area contributed by atoms with Gasteiger partial charge in [-0.15, -0.1) is 0 Å². The molecule has 10 atom stereocenters. The number of ether oxygens (including phenoxy) is 2. The summed E-state index contributed by atoms with van der Waals surface area (Å²) in [4.78, 5) is 8.75. The van der Waals surface area contributed by atoms with Gasteiger partial charge in [-0.2, -0.15) is 0 Å². The summed E-state index contributed by atoms with van der Waals surface area (Å²) in [5.41, 5.74) is 1.51. The van der Waals surface area contributed by atoms with Crippen LogP contribution < -0.4 is 5.32 Å². The van der Waals surface area contributed by atoms with E-state index in [9.17, 15) is 19.3 Å². The molecule has 0 spiro atoms. The fourth-order valence-corrected chi connectivity index (χ4v) is 9.16. The maximum Gasteiger partial charge on any atom is 0.386 e. The average Bonchev–Trinajstić information content (AvgIpc) is 3.39. The molecule has 2 bridgehead atoms. The van der Waals surface area contributed by atoms with Crippen molar-refractivity contribution in [2.45, 2.75) is 59.8 Å². The molecule has 38 heavy (non-hydrogen) atoms. The molecule has 0 saturated carbocycles. The number of aliphatic hydroxyl groups is 2. The second kappa shape index (κ2) is 10.7. The second-order valence-electron chi connectivity index (χ2n) is 9.25. The number of aromatic nitrogens is 3. The summed E-state index contributed by atoms with van der Waals surface area (Å²) in [7, 11) is 0. The van der Waals surface area contributed by atoms with Crippen molar-refractivity contribution in [2.24, 2.45) is 0 Å². The maximum atomic E-state index is 13.2. The van der Waals surface area contributed by atoms with Gasteiger partial charge in [-0.3, -0.25) is 18.1 Å². The van der Waals surface area contributed by atoms with Gasteiger partial charge in [0.05, 0.1) is 18.6 Å². The number of fused-ring (bicyclic) bond motifs is 3. The summed E-state index contributed by atoms with van der Waals surface area (Å²) in [6, 6.07) is 0. The van der Waals surface area contributed by atoms with Crippen LogP contribution in [-0.2, 0) is 43.1 Å². The van der Waals surface area contributed by atoms with E-state index in [1.54, 1.807) is 4.57 Å². The lowest BCUT2D eigenvalue weighted by Gasteiger charge is -2.25. The maximum absolute atomic E-state index is 13.2. The summed E-state index contributed by atoms with van der Waals surface area (Å²) < 4.78 is 60.9.